The normalized spacial score (nSPS) is 28.2. The van der Waals surface area contributed by atoms with E-state index in [1.165, 1.54) is 13.3 Å². The highest BCUT2D eigenvalue weighted by Crippen LogP contribution is 2.29. The molecule has 0 aromatic carbocycles. The number of ether oxygens (including phenoxy) is 1. The van der Waals surface area contributed by atoms with Gasteiger partial charge in [-0.15, -0.1) is 0 Å². The molecule has 3 atom stereocenters. The van der Waals surface area contributed by atoms with Gasteiger partial charge in [0.1, 0.15) is 0 Å². The Hall–Kier alpha value is -0.940. The molecule has 1 aliphatic carbocycles. The largest absolute Gasteiger partial charge is 0.375 e. The minimum atomic E-state index is -0.372. The zero-order chi connectivity index (χ0) is 14.7. The van der Waals surface area contributed by atoms with Crippen molar-refractivity contribution in [1.82, 2.24) is 10.2 Å². The monoisotopic (exact) mass is 282 g/mol. The topological polar surface area (TPSA) is 58.6 Å². The quantitative estimate of drug-likeness (QED) is 0.816. The summed E-state index contributed by atoms with van der Waals surface area (Å²) in [7, 11) is 0. The predicted octanol–water partition coefficient (Wildman–Crippen LogP) is 0.969. The summed E-state index contributed by atoms with van der Waals surface area (Å²) >= 11 is 0. The summed E-state index contributed by atoms with van der Waals surface area (Å²) in [5, 5.41) is 2.87. The Labute approximate surface area is 121 Å². The number of carbonyl (C=O) groups excluding carboxylic acids is 2. The molecule has 2 rings (SSSR count). The first-order valence-corrected chi connectivity index (χ1v) is 7.64. The number of amides is 1. The van der Waals surface area contributed by atoms with Crippen LogP contribution in [0.4, 0.5) is 0 Å². The zero-order valence-electron chi connectivity index (χ0n) is 12.7. The van der Waals surface area contributed by atoms with Crippen LogP contribution >= 0.6 is 0 Å². The van der Waals surface area contributed by atoms with Gasteiger partial charge in [-0.05, 0) is 32.1 Å². The third kappa shape index (κ3) is 3.58. The van der Waals surface area contributed by atoms with Gasteiger partial charge in [0, 0.05) is 12.6 Å². The Bertz CT molecular complexity index is 370. The molecule has 2 aliphatic rings. The second-order valence-electron chi connectivity index (χ2n) is 6.28. The molecule has 1 saturated carbocycles. The van der Waals surface area contributed by atoms with Crippen LogP contribution in [-0.2, 0) is 14.3 Å². The van der Waals surface area contributed by atoms with Crippen LogP contribution in [0.15, 0.2) is 0 Å². The van der Waals surface area contributed by atoms with Crippen molar-refractivity contribution in [3.05, 3.63) is 0 Å². The summed E-state index contributed by atoms with van der Waals surface area (Å²) in [4.78, 5) is 25.9. The molecule has 0 spiro atoms. The van der Waals surface area contributed by atoms with Gasteiger partial charge in [0.25, 0.3) is 0 Å². The van der Waals surface area contributed by atoms with E-state index in [1.807, 2.05) is 13.8 Å². The van der Waals surface area contributed by atoms with Gasteiger partial charge in [0.05, 0.1) is 25.3 Å². The van der Waals surface area contributed by atoms with Crippen LogP contribution in [0.2, 0.25) is 0 Å². The average Bonchev–Trinajstić information content (AvgIpc) is 2.84. The number of rotatable bonds is 5. The highest BCUT2D eigenvalue weighted by molar-refractivity contribution is 5.88. The lowest BCUT2D eigenvalue weighted by Gasteiger charge is -2.37. The van der Waals surface area contributed by atoms with Crippen LogP contribution in [0.1, 0.15) is 40.0 Å². The predicted molar refractivity (Wildman–Crippen MR) is 76.4 cm³/mol. The Morgan fingerprint density at radius 3 is 2.75 bits per heavy atom. The maximum atomic E-state index is 12.2. The summed E-state index contributed by atoms with van der Waals surface area (Å²) in [5.41, 5.74) is 0. The van der Waals surface area contributed by atoms with Crippen molar-refractivity contribution in [1.29, 1.82) is 0 Å². The Morgan fingerprint density at radius 2 is 2.10 bits per heavy atom. The molecule has 5 nitrogen and oxygen atoms in total. The van der Waals surface area contributed by atoms with Crippen molar-refractivity contribution in [3.63, 3.8) is 0 Å². The minimum Gasteiger partial charge on any atom is -0.375 e. The molecule has 2 fully saturated rings. The summed E-state index contributed by atoms with van der Waals surface area (Å²) in [6, 6.07) is 0.00671. The van der Waals surface area contributed by atoms with Gasteiger partial charge < -0.3 is 10.1 Å². The standard InChI is InChI=1S/C15H26N2O3/c1-10(2)15(11(3)18)16-14(19)9-17-7-8-20-13-6-4-5-12(13)17/h10,12-13,15H,4-9H2,1-3H3,(H,16,19). The van der Waals surface area contributed by atoms with E-state index in [0.717, 1.165) is 19.4 Å². The van der Waals surface area contributed by atoms with Crippen LogP contribution in [0, 0.1) is 5.92 Å². The number of Topliss-reactive ketones (excluding diaryl/α,β-unsaturated/α-hetero) is 1. The van der Waals surface area contributed by atoms with Crippen molar-refractivity contribution in [3.8, 4) is 0 Å². The van der Waals surface area contributed by atoms with Gasteiger partial charge in [-0.25, -0.2) is 0 Å². The van der Waals surface area contributed by atoms with Gasteiger partial charge in [-0.3, -0.25) is 14.5 Å². The molecule has 20 heavy (non-hydrogen) atoms. The van der Waals surface area contributed by atoms with Gasteiger partial charge in [0.2, 0.25) is 5.91 Å². The Balaban J connectivity index is 1.88. The molecule has 114 valence electrons. The number of fused-ring (bicyclic) bond motifs is 1. The number of hydrogen-bond acceptors (Lipinski definition) is 4. The third-order valence-corrected chi connectivity index (χ3v) is 4.36. The van der Waals surface area contributed by atoms with Crippen LogP contribution in [0.5, 0.6) is 0 Å². The van der Waals surface area contributed by atoms with E-state index in [0.29, 0.717) is 25.3 Å². The highest BCUT2D eigenvalue weighted by atomic mass is 16.5. The number of nitrogens with one attached hydrogen (secondary N) is 1. The van der Waals surface area contributed by atoms with Crippen molar-refractivity contribution in [2.45, 2.75) is 58.2 Å². The minimum absolute atomic E-state index is 0.0223. The number of carbonyl (C=O) groups is 2. The fourth-order valence-electron chi connectivity index (χ4n) is 3.34. The van der Waals surface area contributed by atoms with Gasteiger partial charge in [0.15, 0.2) is 5.78 Å². The molecular formula is C15H26N2O3. The molecule has 0 aromatic heterocycles. The van der Waals surface area contributed by atoms with E-state index in [4.69, 9.17) is 4.74 Å². The molecule has 1 saturated heterocycles. The van der Waals surface area contributed by atoms with Crippen LogP contribution in [0.3, 0.4) is 0 Å². The molecule has 3 unspecified atom stereocenters. The van der Waals surface area contributed by atoms with E-state index in [2.05, 4.69) is 10.2 Å². The van der Waals surface area contributed by atoms with Crippen molar-refractivity contribution >= 4 is 11.7 Å². The summed E-state index contributed by atoms with van der Waals surface area (Å²) in [6.07, 6.45) is 3.68. The number of ketones is 1. The van der Waals surface area contributed by atoms with Gasteiger partial charge in [-0.2, -0.15) is 0 Å². The number of nitrogens with zero attached hydrogens (tertiary/aromatic N) is 1. The Morgan fingerprint density at radius 1 is 1.35 bits per heavy atom. The van der Waals surface area contributed by atoms with Crippen molar-refractivity contribution in [2.24, 2.45) is 5.92 Å². The lowest BCUT2D eigenvalue weighted by Crippen LogP contribution is -2.54. The SMILES string of the molecule is CC(=O)C(NC(=O)CN1CCOC2CCCC21)C(C)C. The van der Waals surface area contributed by atoms with E-state index in [1.54, 1.807) is 0 Å². The average molecular weight is 282 g/mol. The molecule has 1 heterocycles. The van der Waals surface area contributed by atoms with E-state index in [9.17, 15) is 9.59 Å². The van der Waals surface area contributed by atoms with E-state index in [-0.39, 0.29) is 23.7 Å². The molecule has 0 bridgehead atoms. The zero-order valence-corrected chi connectivity index (χ0v) is 12.7. The van der Waals surface area contributed by atoms with Crippen LogP contribution < -0.4 is 5.32 Å². The third-order valence-electron chi connectivity index (χ3n) is 4.36. The molecule has 5 heteroatoms. The second-order valence-corrected chi connectivity index (χ2v) is 6.28. The lowest BCUT2D eigenvalue weighted by molar-refractivity contribution is -0.131. The van der Waals surface area contributed by atoms with Crippen molar-refractivity contribution in [2.75, 3.05) is 19.7 Å². The van der Waals surface area contributed by atoms with Crippen LogP contribution in [0.25, 0.3) is 0 Å². The summed E-state index contributed by atoms with van der Waals surface area (Å²) in [6.45, 7) is 7.33. The molecule has 0 aromatic rings. The first-order valence-electron chi connectivity index (χ1n) is 7.64. The summed E-state index contributed by atoms with van der Waals surface area (Å²) in [5.74, 6) is 0.0980. The lowest BCUT2D eigenvalue weighted by atomic mass is 10.0. The summed E-state index contributed by atoms with van der Waals surface area (Å²) < 4.78 is 5.74. The van der Waals surface area contributed by atoms with Crippen LogP contribution in [-0.4, -0.2) is 54.5 Å². The molecule has 1 aliphatic heterocycles. The Kier molecular flexibility index (Phi) is 5.16. The number of hydrogen-bond donors (Lipinski definition) is 1. The fraction of sp³-hybridized carbons (Fsp3) is 0.867. The first-order chi connectivity index (χ1) is 9.49. The number of morpholine rings is 1. The second kappa shape index (κ2) is 6.68. The first kappa shape index (κ1) is 15.4. The smallest absolute Gasteiger partial charge is 0.234 e. The maximum Gasteiger partial charge on any atom is 0.234 e. The van der Waals surface area contributed by atoms with E-state index < -0.39 is 0 Å². The van der Waals surface area contributed by atoms with Crippen molar-refractivity contribution < 1.29 is 14.3 Å². The van der Waals surface area contributed by atoms with Gasteiger partial charge in [-0.1, -0.05) is 13.8 Å². The molecule has 0 radical (unpaired) electrons. The molecular weight excluding hydrogens is 256 g/mol. The highest BCUT2D eigenvalue weighted by Gasteiger charge is 2.36. The van der Waals surface area contributed by atoms with E-state index >= 15 is 0 Å². The molecule has 1 amide bonds. The molecule has 1 N–H and O–H groups in total. The van der Waals surface area contributed by atoms with Gasteiger partial charge >= 0.3 is 0 Å². The maximum absolute atomic E-state index is 12.2. The fourth-order valence-corrected chi connectivity index (χ4v) is 3.34.